The number of benzene rings is 2. The molecule has 0 unspecified atom stereocenters. The molecule has 0 amide bonds. The van der Waals surface area contributed by atoms with E-state index in [9.17, 15) is 51.0 Å². The van der Waals surface area contributed by atoms with Crippen LogP contribution in [0.4, 0.5) is 0 Å². The van der Waals surface area contributed by atoms with Crippen molar-refractivity contribution < 1.29 is 103 Å². The first-order chi connectivity index (χ1) is 34.9. The molecule has 22 atom stereocenters. The van der Waals surface area contributed by atoms with E-state index >= 15 is 4.79 Å². The van der Waals surface area contributed by atoms with Crippen LogP contribution in [0, 0.1) is 5.21 Å². The van der Waals surface area contributed by atoms with Crippen LogP contribution in [0.2, 0.25) is 0 Å². The molecule has 2 aliphatic carbocycles. The first-order valence-electron chi connectivity index (χ1n) is 25.0. The highest BCUT2D eigenvalue weighted by Gasteiger charge is 2.63. The topological polar surface area (TPSA) is 327 Å². The van der Waals surface area contributed by atoms with Crippen molar-refractivity contribution in [3.63, 3.8) is 0 Å². The Balaban J connectivity index is 1.08. The van der Waals surface area contributed by atoms with Crippen molar-refractivity contribution in [3.8, 4) is 11.5 Å². The summed E-state index contributed by atoms with van der Waals surface area (Å²) >= 11 is 0. The third-order valence-corrected chi connectivity index (χ3v) is 16.9. The monoisotopic (exact) mass is 1060 g/mol. The molecule has 5 heterocycles. The van der Waals surface area contributed by atoms with E-state index in [1.807, 2.05) is 0 Å². The molecule has 0 spiro atoms. The average molecular weight is 1060 g/mol. The number of hydrogen-bond donors (Lipinski definition) is 8. The number of carbonyl (C=O) groups is 2. The van der Waals surface area contributed by atoms with Crippen LogP contribution >= 0.6 is 0 Å². The van der Waals surface area contributed by atoms with Gasteiger partial charge in [0.2, 0.25) is 12.1 Å². The van der Waals surface area contributed by atoms with Crippen LogP contribution in [0.15, 0.2) is 18.2 Å². The maximum absolute atomic E-state index is 15.3. The van der Waals surface area contributed by atoms with Crippen LogP contribution in [-0.4, -0.2) is 219 Å². The van der Waals surface area contributed by atoms with E-state index in [2.05, 4.69) is 0 Å². The number of rotatable bonds is 11. The zero-order valence-corrected chi connectivity index (χ0v) is 44.1. The first kappa shape index (κ1) is 56.3. The molecule has 9 rings (SSSR count). The van der Waals surface area contributed by atoms with Crippen molar-refractivity contribution in [1.82, 2.24) is 10.1 Å². The molecule has 0 aromatic heterocycles. The Hall–Kier alpha value is -3.42. The van der Waals surface area contributed by atoms with Crippen LogP contribution in [0.25, 0.3) is 0 Å². The SMILES string of the molecule is CO[C@@H]1[C@@H](O[C@@H]2c3c(cc4c(c3O)C(=O)c3c(ccc5c3O[C@H]3O[C@]5(C)[C@@H](O[C@@H]5C[C@@](C)(N([O-])O)[C@H](O[C@@H]6O[C@H](C)[C@@H](O)[C@](C)(O)[C@H]6OC)[C@@H](C)O5)[C@@H](N(C)C)[C@@H]3O)C4=O)C[C@@](C)(O)[C@H]2OC)O[C@@H](C)[C@H](O)[C@@]1(C)O. The molecule has 0 saturated carbocycles. The highest BCUT2D eigenvalue weighted by Crippen LogP contribution is 2.55. The van der Waals surface area contributed by atoms with E-state index in [0.717, 1.165) is 0 Å². The molecule has 4 fully saturated rings. The van der Waals surface area contributed by atoms with Gasteiger partial charge in [0.1, 0.15) is 83.2 Å². The van der Waals surface area contributed by atoms with Gasteiger partial charge in [-0.3, -0.25) is 14.8 Å². The number of carbonyl (C=O) groups excluding carboxylic acids is 2. The van der Waals surface area contributed by atoms with Gasteiger partial charge >= 0.3 is 0 Å². The fourth-order valence-electron chi connectivity index (χ4n) is 12.9. The number of aromatic hydroxyl groups is 1. The number of fused-ring (bicyclic) bond motifs is 8. The summed E-state index contributed by atoms with van der Waals surface area (Å²) in [5.74, 6) is -2.34. The molecular formula is C51H71N2O22-. The van der Waals surface area contributed by atoms with Gasteiger partial charge in [-0.15, -0.1) is 0 Å². The second kappa shape index (κ2) is 19.4. The lowest BCUT2D eigenvalue weighted by molar-refractivity contribution is -0.383. The fourth-order valence-corrected chi connectivity index (χ4v) is 12.9. The number of hydroxylamine groups is 2. The highest BCUT2D eigenvalue weighted by molar-refractivity contribution is 6.30. The molecule has 2 bridgehead atoms. The minimum atomic E-state index is -1.90. The summed E-state index contributed by atoms with van der Waals surface area (Å²) < 4.78 is 67.8. The van der Waals surface area contributed by atoms with Crippen LogP contribution in [0.3, 0.4) is 0 Å². The van der Waals surface area contributed by atoms with Gasteiger partial charge < -0.3 is 103 Å². The highest BCUT2D eigenvalue weighted by atomic mass is 16.8. The Morgan fingerprint density at radius 1 is 0.720 bits per heavy atom. The molecule has 2 aromatic rings. The summed E-state index contributed by atoms with van der Waals surface area (Å²) in [4.78, 5) is 31.8. The summed E-state index contributed by atoms with van der Waals surface area (Å²) in [7, 11) is 7.26. The Labute approximate surface area is 433 Å². The minimum absolute atomic E-state index is 0.0185. The summed E-state index contributed by atoms with van der Waals surface area (Å²) in [6.45, 7) is 11.9. The standard InChI is InChI=1S/C51H71N2O22/c1-19-37(58)49(6,61)42(66-12)45(69-19)73-36-27-22(17-48(5,60)41(36)65-11)16-24-28(32(27)55)33(56)29-23(31(24)54)14-15-25-35(29)72-44-34(57)30(52(9)10)40(51(25,8)75-44)71-26-18-47(4,53(63)64)39(21(3)68-26)74-46-43(67-13)50(7,62)38(59)20(2)70-46/h14-16,19-21,26,30,34,36-46,55,57-63H,17-18H2,1-13H3/q-1/t19-,20+,21+,26+,30-,34-,36+,37-,38+,39+,40-,41-,42+,43-,44-,45+,46-,47+,48+,49+,50-,51-/m0/s1. The van der Waals surface area contributed by atoms with Crippen molar-refractivity contribution >= 4 is 11.6 Å². The number of ether oxygens (including phenoxy) is 11. The van der Waals surface area contributed by atoms with Gasteiger partial charge in [0, 0.05) is 56.4 Å². The molecule has 75 heavy (non-hydrogen) atoms. The van der Waals surface area contributed by atoms with Gasteiger partial charge in [0.05, 0.1) is 46.6 Å². The third kappa shape index (κ3) is 8.59. The molecule has 5 aliphatic heterocycles. The average Bonchev–Trinajstić information content (AvgIpc) is 3.31. The molecule has 0 radical (unpaired) electrons. The van der Waals surface area contributed by atoms with Gasteiger partial charge in [-0.2, -0.15) is 0 Å². The molecular weight excluding hydrogens is 993 g/mol. The lowest BCUT2D eigenvalue weighted by Gasteiger charge is -2.58. The Bertz CT molecular complexity index is 2540. The van der Waals surface area contributed by atoms with E-state index in [4.69, 9.17) is 52.1 Å². The van der Waals surface area contributed by atoms with Crippen LogP contribution in [0.5, 0.6) is 11.5 Å². The second-order valence-corrected chi connectivity index (χ2v) is 22.4. The molecule has 2 aromatic carbocycles. The van der Waals surface area contributed by atoms with Crippen molar-refractivity contribution in [2.45, 2.75) is 201 Å². The second-order valence-electron chi connectivity index (χ2n) is 22.4. The third-order valence-electron chi connectivity index (χ3n) is 16.9. The molecule has 8 N–H and O–H groups in total. The normalized spacial score (nSPS) is 45.5. The van der Waals surface area contributed by atoms with Crippen LogP contribution in [0.1, 0.15) is 116 Å². The quantitative estimate of drug-likeness (QED) is 0.121. The molecule has 24 heteroatoms. The Morgan fingerprint density at radius 3 is 1.84 bits per heavy atom. The van der Waals surface area contributed by atoms with E-state index in [1.165, 1.54) is 81.1 Å². The van der Waals surface area contributed by atoms with Crippen molar-refractivity contribution in [2.24, 2.45) is 0 Å². The summed E-state index contributed by atoms with van der Waals surface area (Å²) in [5.41, 5.74) is -9.48. The van der Waals surface area contributed by atoms with Gasteiger partial charge in [-0.05, 0) is 87.2 Å². The van der Waals surface area contributed by atoms with Gasteiger partial charge in [0.25, 0.3) is 0 Å². The number of aliphatic hydroxyl groups excluding tert-OH is 3. The minimum Gasteiger partial charge on any atom is -0.762 e. The van der Waals surface area contributed by atoms with Gasteiger partial charge in [0.15, 0.2) is 24.7 Å². The maximum atomic E-state index is 15.3. The Morgan fingerprint density at radius 2 is 1.29 bits per heavy atom. The van der Waals surface area contributed by atoms with E-state index < -0.39 is 155 Å². The zero-order chi connectivity index (χ0) is 55.1. The number of phenols is 1. The number of methoxy groups -OCH3 is 3. The Kier molecular flexibility index (Phi) is 14.6. The van der Waals surface area contributed by atoms with Crippen molar-refractivity contribution in [1.29, 1.82) is 0 Å². The first-order valence-corrected chi connectivity index (χ1v) is 25.0. The predicted molar refractivity (Wildman–Crippen MR) is 254 cm³/mol. The molecule has 418 valence electrons. The summed E-state index contributed by atoms with van der Waals surface area (Å²) in [6, 6.07) is 3.43. The number of aliphatic hydroxyl groups is 6. The molecule has 24 nitrogen and oxygen atoms in total. The van der Waals surface area contributed by atoms with Gasteiger partial charge in [-0.25, -0.2) is 0 Å². The zero-order valence-electron chi connectivity index (χ0n) is 44.1. The predicted octanol–water partition coefficient (Wildman–Crippen LogP) is 0.399. The van der Waals surface area contributed by atoms with Crippen molar-refractivity contribution in [3.05, 3.63) is 62.4 Å². The van der Waals surface area contributed by atoms with Crippen LogP contribution in [-0.2, 0) is 59.4 Å². The maximum Gasteiger partial charge on any atom is 0.228 e. The smallest absolute Gasteiger partial charge is 0.228 e. The molecule has 4 saturated heterocycles. The van der Waals surface area contributed by atoms with Crippen LogP contribution < -0.4 is 4.74 Å². The number of nitrogens with zero attached hydrogens (tertiary/aromatic N) is 2. The number of ketones is 2. The van der Waals surface area contributed by atoms with Gasteiger partial charge in [-0.1, -0.05) is 6.07 Å². The molecule has 7 aliphatic rings. The summed E-state index contributed by atoms with van der Waals surface area (Å²) in [6.07, 6.45) is -21.1. The van der Waals surface area contributed by atoms with Crippen molar-refractivity contribution in [2.75, 3.05) is 35.4 Å². The van der Waals surface area contributed by atoms with E-state index in [0.29, 0.717) is 0 Å². The fraction of sp³-hybridized carbons (Fsp3) is 0.725. The van der Waals surface area contributed by atoms with E-state index in [1.54, 1.807) is 32.8 Å². The van der Waals surface area contributed by atoms with E-state index in [-0.39, 0.29) is 57.2 Å². The largest absolute Gasteiger partial charge is 0.762 e. The number of likely N-dealkylation sites (N-methyl/N-ethyl adjacent to an activating group) is 1. The number of phenolic OH excluding ortho intramolecular Hbond substituents is 1. The lowest BCUT2D eigenvalue weighted by Crippen LogP contribution is -2.71. The summed E-state index contributed by atoms with van der Waals surface area (Å²) in [5, 5.41) is 105. The lowest BCUT2D eigenvalue weighted by atomic mass is 9.71. The number of hydrogen-bond acceptors (Lipinski definition) is 24.